The van der Waals surface area contributed by atoms with E-state index in [1.165, 1.54) is 11.1 Å². The second-order valence-corrected chi connectivity index (χ2v) is 5.97. The number of nitrogens with zero attached hydrogens (tertiary/aromatic N) is 1. The topological polar surface area (TPSA) is 24.4 Å². The van der Waals surface area contributed by atoms with Crippen LogP contribution in [0.5, 0.6) is 0 Å². The van der Waals surface area contributed by atoms with Gasteiger partial charge in [-0.15, -0.1) is 6.58 Å². The van der Waals surface area contributed by atoms with Crippen molar-refractivity contribution >= 4 is 22.6 Å². The van der Waals surface area contributed by atoms with Gasteiger partial charge in [0.1, 0.15) is 0 Å². The molecular formula is C19H18N2S. The number of aliphatic imine (C=N–C) groups is 1. The lowest BCUT2D eigenvalue weighted by Gasteiger charge is -2.22. The Morgan fingerprint density at radius 1 is 1.05 bits per heavy atom. The highest BCUT2D eigenvalue weighted by atomic mass is 32.2. The predicted molar refractivity (Wildman–Crippen MR) is 96.8 cm³/mol. The van der Waals surface area contributed by atoms with Crippen molar-refractivity contribution in [1.82, 2.24) is 5.32 Å². The number of nitrogens with one attached hydrogen (secondary N) is 1. The van der Waals surface area contributed by atoms with Gasteiger partial charge >= 0.3 is 0 Å². The number of rotatable bonds is 4. The molecule has 0 radical (unpaired) electrons. The summed E-state index contributed by atoms with van der Waals surface area (Å²) in [6, 6.07) is 20.8. The van der Waals surface area contributed by atoms with Crippen LogP contribution in [-0.2, 0) is 0 Å². The minimum atomic E-state index is 0.0463. The van der Waals surface area contributed by atoms with Gasteiger partial charge in [0.2, 0.25) is 0 Å². The number of thioether (sulfide) groups is 1. The van der Waals surface area contributed by atoms with Crippen LogP contribution in [-0.4, -0.2) is 10.9 Å². The molecule has 0 fully saturated rings. The zero-order valence-corrected chi connectivity index (χ0v) is 13.1. The Balaban J connectivity index is 1.94. The molecule has 0 spiro atoms. The molecule has 1 aliphatic heterocycles. The van der Waals surface area contributed by atoms with E-state index < -0.39 is 0 Å². The highest BCUT2D eigenvalue weighted by Gasteiger charge is 2.17. The van der Waals surface area contributed by atoms with Crippen LogP contribution in [0, 0.1) is 0 Å². The van der Waals surface area contributed by atoms with Gasteiger partial charge in [0.05, 0.1) is 6.04 Å². The van der Waals surface area contributed by atoms with Gasteiger partial charge in [-0.25, -0.2) is 4.99 Å². The summed E-state index contributed by atoms with van der Waals surface area (Å²) in [7, 11) is 0. The molecule has 3 rings (SSSR count). The summed E-state index contributed by atoms with van der Waals surface area (Å²) >= 11 is 1.67. The molecule has 22 heavy (non-hydrogen) atoms. The maximum atomic E-state index is 4.81. The standard InChI is InChI=1S/C19H18N2S/c1-2-13-22-19-20-17(15-9-5-3-6-10-15)14-18(21-19)16-11-7-4-8-12-16/h2-12,14,17H,1,13H2,(H,20,21)/t17-/m1/s1. The second-order valence-electron chi connectivity index (χ2n) is 4.96. The van der Waals surface area contributed by atoms with E-state index in [0.29, 0.717) is 0 Å². The van der Waals surface area contributed by atoms with Crippen molar-refractivity contribution < 1.29 is 0 Å². The zero-order valence-electron chi connectivity index (χ0n) is 12.3. The van der Waals surface area contributed by atoms with E-state index in [2.05, 4.69) is 66.5 Å². The summed E-state index contributed by atoms with van der Waals surface area (Å²) in [5, 5.41) is 4.37. The van der Waals surface area contributed by atoms with Crippen molar-refractivity contribution in [3.8, 4) is 0 Å². The predicted octanol–water partition coefficient (Wildman–Crippen LogP) is 4.65. The first-order chi connectivity index (χ1) is 10.9. The molecule has 0 aromatic heterocycles. The van der Waals surface area contributed by atoms with E-state index in [1.54, 1.807) is 11.8 Å². The fraction of sp³-hybridized carbons (Fsp3) is 0.105. The van der Waals surface area contributed by atoms with Crippen LogP contribution in [0.4, 0.5) is 0 Å². The smallest absolute Gasteiger partial charge is 0.162 e. The molecular weight excluding hydrogens is 288 g/mol. The van der Waals surface area contributed by atoms with Crippen LogP contribution >= 0.6 is 11.8 Å². The first-order valence-electron chi connectivity index (χ1n) is 7.27. The van der Waals surface area contributed by atoms with Gasteiger partial charge in [-0.05, 0) is 17.2 Å². The quantitative estimate of drug-likeness (QED) is 0.832. The van der Waals surface area contributed by atoms with Crippen molar-refractivity contribution in [2.75, 3.05) is 5.75 Å². The summed E-state index contributed by atoms with van der Waals surface area (Å²) < 4.78 is 0. The van der Waals surface area contributed by atoms with E-state index in [4.69, 9.17) is 4.99 Å². The molecule has 0 unspecified atom stereocenters. The van der Waals surface area contributed by atoms with Crippen LogP contribution < -0.4 is 5.32 Å². The fourth-order valence-electron chi connectivity index (χ4n) is 2.33. The van der Waals surface area contributed by atoms with Gasteiger partial charge in [0.15, 0.2) is 5.17 Å². The monoisotopic (exact) mass is 306 g/mol. The molecule has 0 saturated carbocycles. The van der Waals surface area contributed by atoms with Crippen LogP contribution in [0.25, 0.3) is 5.70 Å². The minimum absolute atomic E-state index is 0.0463. The summed E-state index contributed by atoms with van der Waals surface area (Å²) in [5.74, 6) is 0.843. The number of hydrogen-bond acceptors (Lipinski definition) is 3. The SMILES string of the molecule is C=CCSC1=N[C@@H](c2ccccc2)C=C(c2ccccc2)N1. The molecule has 110 valence electrons. The van der Waals surface area contributed by atoms with E-state index in [-0.39, 0.29) is 6.04 Å². The normalized spacial score (nSPS) is 17.2. The summed E-state index contributed by atoms with van der Waals surface area (Å²) in [4.78, 5) is 4.81. The molecule has 2 nitrogen and oxygen atoms in total. The zero-order chi connectivity index (χ0) is 15.2. The Kier molecular flexibility index (Phi) is 4.76. The molecule has 3 heteroatoms. The summed E-state index contributed by atoms with van der Waals surface area (Å²) in [6.07, 6.45) is 4.08. The minimum Gasteiger partial charge on any atom is -0.335 e. The van der Waals surface area contributed by atoms with E-state index in [0.717, 1.165) is 16.6 Å². The van der Waals surface area contributed by atoms with Crippen LogP contribution in [0.3, 0.4) is 0 Å². The lowest BCUT2D eigenvalue weighted by atomic mass is 10.0. The molecule has 1 N–H and O–H groups in total. The second kappa shape index (κ2) is 7.14. The molecule has 2 aromatic rings. The Labute approximate surface area is 135 Å². The Morgan fingerprint density at radius 2 is 1.73 bits per heavy atom. The molecule has 1 aliphatic rings. The summed E-state index contributed by atoms with van der Waals surface area (Å²) in [5.41, 5.74) is 3.49. The first kappa shape index (κ1) is 14.7. The van der Waals surface area contributed by atoms with Gasteiger partial charge in [-0.1, -0.05) is 78.5 Å². The van der Waals surface area contributed by atoms with E-state index in [9.17, 15) is 0 Å². The largest absolute Gasteiger partial charge is 0.335 e. The Bertz CT molecular complexity index is 690. The highest BCUT2D eigenvalue weighted by molar-refractivity contribution is 8.14. The van der Waals surface area contributed by atoms with Crippen molar-refractivity contribution in [2.24, 2.45) is 4.99 Å². The van der Waals surface area contributed by atoms with Crippen molar-refractivity contribution in [3.63, 3.8) is 0 Å². The molecule has 2 aromatic carbocycles. The number of hydrogen-bond donors (Lipinski definition) is 1. The van der Waals surface area contributed by atoms with Crippen molar-refractivity contribution in [3.05, 3.63) is 90.5 Å². The average molecular weight is 306 g/mol. The van der Waals surface area contributed by atoms with Gasteiger partial charge in [-0.3, -0.25) is 0 Å². The van der Waals surface area contributed by atoms with Crippen molar-refractivity contribution in [2.45, 2.75) is 6.04 Å². The molecule has 1 atom stereocenters. The number of amidine groups is 1. The Hall–Kier alpha value is -2.26. The highest BCUT2D eigenvalue weighted by Crippen LogP contribution is 2.28. The molecule has 0 amide bonds. The average Bonchev–Trinajstić information content (AvgIpc) is 2.61. The number of benzene rings is 2. The van der Waals surface area contributed by atoms with Gasteiger partial charge in [-0.2, -0.15) is 0 Å². The molecule has 0 aliphatic carbocycles. The van der Waals surface area contributed by atoms with Crippen molar-refractivity contribution in [1.29, 1.82) is 0 Å². The third-order valence-electron chi connectivity index (χ3n) is 3.39. The fourth-order valence-corrected chi connectivity index (χ4v) is 2.97. The van der Waals surface area contributed by atoms with Crippen LogP contribution in [0.1, 0.15) is 17.2 Å². The lowest BCUT2D eigenvalue weighted by molar-refractivity contribution is 0.888. The van der Waals surface area contributed by atoms with Gasteiger partial charge in [0.25, 0.3) is 0 Å². The van der Waals surface area contributed by atoms with Crippen LogP contribution in [0.15, 0.2) is 84.4 Å². The molecule has 0 saturated heterocycles. The van der Waals surface area contributed by atoms with Gasteiger partial charge in [0, 0.05) is 11.4 Å². The molecule has 0 bridgehead atoms. The van der Waals surface area contributed by atoms with Gasteiger partial charge < -0.3 is 5.32 Å². The lowest BCUT2D eigenvalue weighted by Crippen LogP contribution is -2.24. The maximum Gasteiger partial charge on any atom is 0.162 e. The van der Waals surface area contributed by atoms with E-state index >= 15 is 0 Å². The molecule has 1 heterocycles. The third-order valence-corrected chi connectivity index (χ3v) is 4.27. The van der Waals surface area contributed by atoms with Crippen LogP contribution in [0.2, 0.25) is 0 Å². The first-order valence-corrected chi connectivity index (χ1v) is 8.26. The summed E-state index contributed by atoms with van der Waals surface area (Å²) in [6.45, 7) is 3.78. The van der Waals surface area contributed by atoms with E-state index in [1.807, 2.05) is 18.2 Å². The Morgan fingerprint density at radius 3 is 2.41 bits per heavy atom. The third kappa shape index (κ3) is 3.49. The maximum absolute atomic E-state index is 4.81.